The molecule has 0 saturated carbocycles. The maximum absolute atomic E-state index is 10.2. The summed E-state index contributed by atoms with van der Waals surface area (Å²) >= 11 is 0. The fourth-order valence-corrected chi connectivity index (χ4v) is 7.94. The highest BCUT2D eigenvalue weighted by molar-refractivity contribution is 6.10. The SMILES string of the molecule is [C-]#[N+]c1ccc(-c2ccc3cc(-c4ccc(C#N)c(-n5c6ccccc6c6ccccc65)c4)ccc3c2)cc1-n1c2ccccc2c2ccccc21. The summed E-state index contributed by atoms with van der Waals surface area (Å²) in [6, 6.07) is 61.4. The van der Waals surface area contributed by atoms with E-state index in [2.05, 4.69) is 166 Å². The van der Waals surface area contributed by atoms with Crippen molar-refractivity contribution < 1.29 is 0 Å². The second-order valence-electron chi connectivity index (χ2n) is 13.2. The van der Waals surface area contributed by atoms with Gasteiger partial charge < -0.3 is 9.13 Å². The van der Waals surface area contributed by atoms with Gasteiger partial charge in [-0.2, -0.15) is 5.26 Å². The maximum atomic E-state index is 10.2. The third-order valence-electron chi connectivity index (χ3n) is 10.4. The van der Waals surface area contributed by atoms with Crippen molar-refractivity contribution in [1.82, 2.24) is 9.13 Å². The number of hydrogen-bond acceptors (Lipinski definition) is 1. The summed E-state index contributed by atoms with van der Waals surface area (Å²) in [6.07, 6.45) is 0. The summed E-state index contributed by atoms with van der Waals surface area (Å²) in [5.74, 6) is 0. The molecule has 0 spiro atoms. The third kappa shape index (κ3) is 4.46. The van der Waals surface area contributed by atoms with Crippen molar-refractivity contribution in [2.75, 3.05) is 0 Å². The van der Waals surface area contributed by atoms with Crippen molar-refractivity contribution >= 4 is 60.1 Å². The Bertz CT molecular complexity index is 2840. The van der Waals surface area contributed by atoms with Gasteiger partial charge in [-0.3, -0.25) is 0 Å². The van der Waals surface area contributed by atoms with Gasteiger partial charge in [-0.05, 0) is 87.6 Å². The molecule has 0 radical (unpaired) electrons. The van der Waals surface area contributed by atoms with E-state index in [0.717, 1.165) is 66.5 Å². The first-order valence-corrected chi connectivity index (χ1v) is 17.3. The van der Waals surface area contributed by atoms with Crippen molar-refractivity contribution in [3.05, 3.63) is 187 Å². The zero-order valence-electron chi connectivity index (χ0n) is 28.0. The molecule has 0 unspecified atom stereocenters. The summed E-state index contributed by atoms with van der Waals surface area (Å²) in [4.78, 5) is 3.94. The number of nitriles is 1. The van der Waals surface area contributed by atoms with Crippen LogP contribution in [0.15, 0.2) is 170 Å². The van der Waals surface area contributed by atoms with Crippen molar-refractivity contribution in [3.8, 4) is 39.7 Å². The Morgan fingerprint density at radius 1 is 0.423 bits per heavy atom. The van der Waals surface area contributed by atoms with Gasteiger partial charge in [0.2, 0.25) is 5.69 Å². The second kappa shape index (κ2) is 11.6. The lowest BCUT2D eigenvalue weighted by molar-refractivity contribution is 1.17. The Balaban J connectivity index is 1.07. The summed E-state index contributed by atoms with van der Waals surface area (Å²) in [6.45, 7) is 8.02. The highest BCUT2D eigenvalue weighted by Gasteiger charge is 2.17. The zero-order valence-corrected chi connectivity index (χ0v) is 28.0. The van der Waals surface area contributed by atoms with Gasteiger partial charge in [0.15, 0.2) is 0 Å². The van der Waals surface area contributed by atoms with Gasteiger partial charge >= 0.3 is 0 Å². The van der Waals surface area contributed by atoms with Crippen LogP contribution in [0.4, 0.5) is 5.69 Å². The highest BCUT2D eigenvalue weighted by Crippen LogP contribution is 2.39. The minimum Gasteiger partial charge on any atom is -0.319 e. The number of benzene rings is 8. The predicted molar refractivity (Wildman–Crippen MR) is 214 cm³/mol. The molecule has 10 rings (SSSR count). The molecule has 4 nitrogen and oxygen atoms in total. The van der Waals surface area contributed by atoms with Gasteiger partial charge in [0, 0.05) is 21.5 Å². The van der Waals surface area contributed by atoms with Crippen LogP contribution in [0.3, 0.4) is 0 Å². The molecule has 0 saturated heterocycles. The van der Waals surface area contributed by atoms with Gasteiger partial charge in [0.1, 0.15) is 6.07 Å². The maximum Gasteiger partial charge on any atom is 0.210 e. The Morgan fingerprint density at radius 3 is 1.27 bits per heavy atom. The van der Waals surface area contributed by atoms with Gasteiger partial charge in [-0.1, -0.05) is 115 Å². The number of para-hydroxylation sites is 4. The summed E-state index contributed by atoms with van der Waals surface area (Å²) in [5.41, 5.74) is 11.6. The average Bonchev–Trinajstić information content (AvgIpc) is 3.73. The van der Waals surface area contributed by atoms with Crippen LogP contribution in [-0.2, 0) is 0 Å². The number of rotatable bonds is 4. The van der Waals surface area contributed by atoms with E-state index in [-0.39, 0.29) is 0 Å². The molecule has 0 amide bonds. The molecule has 240 valence electrons. The fraction of sp³-hybridized carbons (Fsp3) is 0. The molecule has 0 atom stereocenters. The molecular formula is C48H28N4. The van der Waals surface area contributed by atoms with Crippen molar-refractivity contribution in [2.45, 2.75) is 0 Å². The smallest absolute Gasteiger partial charge is 0.210 e. The van der Waals surface area contributed by atoms with Crippen LogP contribution >= 0.6 is 0 Å². The fourth-order valence-electron chi connectivity index (χ4n) is 7.94. The molecule has 0 aliphatic rings. The molecule has 0 aliphatic carbocycles. The highest BCUT2D eigenvalue weighted by atomic mass is 15.0. The van der Waals surface area contributed by atoms with Crippen LogP contribution in [0.1, 0.15) is 5.56 Å². The molecule has 2 heterocycles. The number of fused-ring (bicyclic) bond motifs is 7. The number of hydrogen-bond donors (Lipinski definition) is 0. The topological polar surface area (TPSA) is 38.0 Å². The monoisotopic (exact) mass is 660 g/mol. The standard InChI is InChI=1S/C48H28N4/c1-50-42-25-24-36(29-48(42)52-45-16-8-4-12-40(45)41-13-5-9-17-46(41)52)34-21-19-31-26-33(20-18-32(31)27-34)35-22-23-37(30-49)47(28-35)51-43-14-6-2-10-38(43)39-11-3-7-15-44(39)51/h2-29H. The first-order chi connectivity index (χ1) is 25.7. The predicted octanol–water partition coefficient (Wildman–Crippen LogP) is 12.8. The Hall–Kier alpha value is -7.40. The molecule has 0 N–H and O–H groups in total. The first-order valence-electron chi connectivity index (χ1n) is 17.3. The van der Waals surface area contributed by atoms with Crippen LogP contribution in [0, 0.1) is 17.9 Å². The third-order valence-corrected chi connectivity index (χ3v) is 10.4. The minimum absolute atomic E-state index is 0.614. The molecule has 0 aliphatic heterocycles. The van der Waals surface area contributed by atoms with E-state index in [9.17, 15) is 5.26 Å². The van der Waals surface area contributed by atoms with Gasteiger partial charge in [0.05, 0.1) is 45.6 Å². The van der Waals surface area contributed by atoms with Crippen molar-refractivity contribution in [2.24, 2.45) is 0 Å². The minimum atomic E-state index is 0.614. The van der Waals surface area contributed by atoms with E-state index in [1.165, 1.54) is 21.5 Å². The lowest BCUT2D eigenvalue weighted by atomic mass is 9.96. The van der Waals surface area contributed by atoms with E-state index in [0.29, 0.717) is 11.3 Å². The Labute approximate surface area is 300 Å². The molecule has 4 heteroatoms. The van der Waals surface area contributed by atoms with Crippen LogP contribution in [-0.4, -0.2) is 9.13 Å². The van der Waals surface area contributed by atoms with Crippen molar-refractivity contribution in [1.29, 1.82) is 5.26 Å². The van der Waals surface area contributed by atoms with Crippen LogP contribution in [0.25, 0.3) is 92.9 Å². The lowest BCUT2D eigenvalue weighted by Crippen LogP contribution is -1.98. The zero-order chi connectivity index (χ0) is 34.8. The van der Waals surface area contributed by atoms with Crippen LogP contribution in [0.5, 0.6) is 0 Å². The van der Waals surface area contributed by atoms with E-state index >= 15 is 0 Å². The molecule has 8 aromatic carbocycles. The molecule has 0 fully saturated rings. The number of nitrogens with zero attached hydrogens (tertiary/aromatic N) is 4. The molecule has 52 heavy (non-hydrogen) atoms. The van der Waals surface area contributed by atoms with E-state index < -0.39 is 0 Å². The van der Waals surface area contributed by atoms with Gasteiger partial charge in [-0.15, -0.1) is 0 Å². The van der Waals surface area contributed by atoms with Gasteiger partial charge in [-0.25, -0.2) is 4.85 Å². The summed E-state index contributed by atoms with van der Waals surface area (Å²) in [7, 11) is 0. The normalized spacial score (nSPS) is 11.4. The lowest BCUT2D eigenvalue weighted by Gasteiger charge is -2.14. The number of aromatic nitrogens is 2. The summed E-state index contributed by atoms with van der Waals surface area (Å²) in [5, 5.41) is 17.1. The van der Waals surface area contributed by atoms with Crippen LogP contribution in [0.2, 0.25) is 0 Å². The molecular weight excluding hydrogens is 633 g/mol. The van der Waals surface area contributed by atoms with E-state index in [1.54, 1.807) is 0 Å². The second-order valence-corrected chi connectivity index (χ2v) is 13.2. The van der Waals surface area contributed by atoms with E-state index in [1.807, 2.05) is 24.3 Å². The largest absolute Gasteiger partial charge is 0.319 e. The Kier molecular flexibility index (Phi) is 6.58. The Morgan fingerprint density at radius 2 is 0.808 bits per heavy atom. The summed E-state index contributed by atoms with van der Waals surface area (Å²) < 4.78 is 4.44. The molecule has 10 aromatic rings. The van der Waals surface area contributed by atoms with Crippen molar-refractivity contribution in [3.63, 3.8) is 0 Å². The first kappa shape index (κ1) is 29.5. The van der Waals surface area contributed by atoms with Crippen LogP contribution < -0.4 is 0 Å². The van der Waals surface area contributed by atoms with E-state index in [4.69, 9.17) is 6.57 Å². The average molecular weight is 661 g/mol. The van der Waals surface area contributed by atoms with Gasteiger partial charge in [0.25, 0.3) is 0 Å². The molecule has 2 aromatic heterocycles. The quantitative estimate of drug-likeness (QED) is 0.173. The molecule has 0 bridgehead atoms.